The number of hydrogen-bond donors (Lipinski definition) is 1. The summed E-state index contributed by atoms with van der Waals surface area (Å²) in [4.78, 5) is 16.9. The Balaban J connectivity index is 1.58. The number of carbonyl (C=O) groups excluding carboxylic acids is 1. The molecule has 1 amide bonds. The molecule has 0 spiro atoms. The van der Waals surface area contributed by atoms with Crippen molar-refractivity contribution in [2.75, 3.05) is 19.0 Å². The van der Waals surface area contributed by atoms with Gasteiger partial charge in [0.1, 0.15) is 12.4 Å². The second-order valence-electron chi connectivity index (χ2n) is 6.34. The minimum absolute atomic E-state index is 0.00414. The van der Waals surface area contributed by atoms with E-state index >= 15 is 0 Å². The molecule has 8 heteroatoms. The topological polar surface area (TPSA) is 69.2 Å². The van der Waals surface area contributed by atoms with Gasteiger partial charge in [0.15, 0.2) is 18.1 Å². The summed E-state index contributed by atoms with van der Waals surface area (Å²) in [7, 11) is 1.47. The van der Waals surface area contributed by atoms with Crippen molar-refractivity contribution in [3.05, 3.63) is 88.7 Å². The van der Waals surface area contributed by atoms with Gasteiger partial charge in [-0.25, -0.2) is 4.39 Å². The van der Waals surface area contributed by atoms with Crippen molar-refractivity contribution >= 4 is 29.4 Å². The third-order valence-electron chi connectivity index (χ3n) is 4.11. The van der Waals surface area contributed by atoms with E-state index in [1.54, 1.807) is 42.5 Å². The first-order chi connectivity index (χ1) is 15.1. The van der Waals surface area contributed by atoms with Crippen molar-refractivity contribution in [2.45, 2.75) is 6.61 Å². The van der Waals surface area contributed by atoms with Gasteiger partial charge < -0.3 is 19.6 Å². The third kappa shape index (κ3) is 6.45. The molecule has 3 aromatic rings. The average molecular weight is 443 g/mol. The maximum Gasteiger partial charge on any atom is 0.265 e. The number of oxime groups is 1. The van der Waals surface area contributed by atoms with Gasteiger partial charge in [-0.3, -0.25) is 4.79 Å². The zero-order valence-corrected chi connectivity index (χ0v) is 17.4. The number of amides is 1. The monoisotopic (exact) mass is 442 g/mol. The summed E-state index contributed by atoms with van der Waals surface area (Å²) < 4.78 is 24.8. The predicted molar refractivity (Wildman–Crippen MR) is 117 cm³/mol. The lowest BCUT2D eigenvalue weighted by molar-refractivity contribution is -0.120. The molecule has 0 atom stereocenters. The first kappa shape index (κ1) is 22.1. The number of benzene rings is 3. The molecule has 0 fully saturated rings. The molecule has 0 radical (unpaired) electrons. The van der Waals surface area contributed by atoms with Crippen molar-refractivity contribution in [1.82, 2.24) is 0 Å². The molecule has 0 saturated carbocycles. The van der Waals surface area contributed by atoms with Crippen molar-refractivity contribution < 1.29 is 23.5 Å². The quantitative estimate of drug-likeness (QED) is 0.371. The largest absolute Gasteiger partial charge is 0.493 e. The van der Waals surface area contributed by atoms with Crippen molar-refractivity contribution in [2.24, 2.45) is 5.16 Å². The summed E-state index contributed by atoms with van der Waals surface area (Å²) in [5, 5.41) is 6.73. The van der Waals surface area contributed by atoms with Crippen LogP contribution in [0.25, 0.3) is 0 Å². The molecule has 0 saturated heterocycles. The van der Waals surface area contributed by atoms with E-state index in [4.69, 9.17) is 25.9 Å². The SMILES string of the molecule is COc1cc(C=NOCC(=O)Nc2ccccc2)cc(Cl)c1OCc1ccccc1F. The minimum atomic E-state index is -0.366. The van der Waals surface area contributed by atoms with Gasteiger partial charge in [0.05, 0.1) is 18.3 Å². The minimum Gasteiger partial charge on any atom is -0.493 e. The van der Waals surface area contributed by atoms with Gasteiger partial charge in [0.2, 0.25) is 0 Å². The number of para-hydroxylation sites is 1. The van der Waals surface area contributed by atoms with Crippen LogP contribution in [-0.2, 0) is 16.2 Å². The summed E-state index contributed by atoms with van der Waals surface area (Å²) in [6.07, 6.45) is 1.39. The Morgan fingerprint density at radius 1 is 1.13 bits per heavy atom. The Labute approximate surface area is 184 Å². The Kier molecular flexibility index (Phi) is 7.84. The van der Waals surface area contributed by atoms with Crippen LogP contribution in [-0.4, -0.2) is 25.8 Å². The van der Waals surface area contributed by atoms with Crippen molar-refractivity contribution in [3.63, 3.8) is 0 Å². The van der Waals surface area contributed by atoms with E-state index in [0.29, 0.717) is 22.6 Å². The van der Waals surface area contributed by atoms with Crippen LogP contribution >= 0.6 is 11.6 Å². The lowest BCUT2D eigenvalue weighted by atomic mass is 10.2. The number of carbonyl (C=O) groups is 1. The van der Waals surface area contributed by atoms with Crippen LogP contribution in [0.4, 0.5) is 10.1 Å². The lowest BCUT2D eigenvalue weighted by Crippen LogP contribution is -2.16. The molecule has 0 unspecified atom stereocenters. The predicted octanol–water partition coefficient (Wildman–Crippen LogP) is 5.06. The fourth-order valence-electron chi connectivity index (χ4n) is 2.63. The first-order valence-electron chi connectivity index (χ1n) is 9.31. The standard InChI is InChI=1S/C23H20ClFN2O4/c1-29-21-12-16(13-26-31-15-22(28)27-18-8-3-2-4-9-18)11-19(24)23(21)30-14-17-7-5-6-10-20(17)25/h2-13H,14-15H2,1H3,(H,27,28). The van der Waals surface area contributed by atoms with Crippen LogP contribution in [0.5, 0.6) is 11.5 Å². The highest BCUT2D eigenvalue weighted by molar-refractivity contribution is 6.32. The number of halogens is 2. The van der Waals surface area contributed by atoms with E-state index in [-0.39, 0.29) is 35.7 Å². The molecule has 0 heterocycles. The fourth-order valence-corrected chi connectivity index (χ4v) is 2.91. The Morgan fingerprint density at radius 2 is 1.87 bits per heavy atom. The fraction of sp³-hybridized carbons (Fsp3) is 0.130. The molecule has 160 valence electrons. The number of hydrogen-bond acceptors (Lipinski definition) is 5. The molecule has 0 aromatic heterocycles. The van der Waals surface area contributed by atoms with Crippen molar-refractivity contribution in [3.8, 4) is 11.5 Å². The Bertz CT molecular complexity index is 1060. The van der Waals surface area contributed by atoms with Crippen LogP contribution in [0.3, 0.4) is 0 Å². The van der Waals surface area contributed by atoms with Gasteiger partial charge in [0, 0.05) is 16.8 Å². The molecule has 1 N–H and O–H groups in total. The molecule has 3 aromatic carbocycles. The Hall–Kier alpha value is -3.58. The molecular weight excluding hydrogens is 423 g/mol. The number of anilines is 1. The lowest BCUT2D eigenvalue weighted by Gasteiger charge is -2.13. The van der Waals surface area contributed by atoms with Crippen LogP contribution in [0, 0.1) is 5.82 Å². The molecular formula is C23H20ClFN2O4. The summed E-state index contributed by atoms with van der Waals surface area (Å²) >= 11 is 6.31. The van der Waals surface area contributed by atoms with Gasteiger partial charge in [-0.1, -0.05) is 53.2 Å². The Morgan fingerprint density at radius 3 is 2.61 bits per heavy atom. The molecule has 3 rings (SSSR count). The highest BCUT2D eigenvalue weighted by atomic mass is 35.5. The van der Waals surface area contributed by atoms with E-state index in [2.05, 4.69) is 10.5 Å². The summed E-state index contributed by atoms with van der Waals surface area (Å²) in [5.41, 5.74) is 1.64. The number of ether oxygens (including phenoxy) is 2. The van der Waals surface area contributed by atoms with Crippen LogP contribution in [0.15, 0.2) is 71.9 Å². The number of rotatable bonds is 9. The smallest absolute Gasteiger partial charge is 0.265 e. The number of methoxy groups -OCH3 is 1. The maximum absolute atomic E-state index is 13.8. The van der Waals surface area contributed by atoms with E-state index in [9.17, 15) is 9.18 Å². The summed E-state index contributed by atoms with van der Waals surface area (Å²) in [5.74, 6) is -0.0644. The van der Waals surface area contributed by atoms with Gasteiger partial charge in [0.25, 0.3) is 5.91 Å². The maximum atomic E-state index is 13.8. The molecule has 0 aliphatic carbocycles. The summed E-state index contributed by atoms with van der Waals surface area (Å²) in [6.45, 7) is -0.254. The number of nitrogens with one attached hydrogen (secondary N) is 1. The average Bonchev–Trinajstić information content (AvgIpc) is 2.77. The van der Waals surface area contributed by atoms with E-state index in [1.165, 1.54) is 19.4 Å². The summed E-state index contributed by atoms with van der Waals surface area (Å²) in [6, 6.07) is 18.6. The molecule has 0 aliphatic rings. The highest BCUT2D eigenvalue weighted by Gasteiger charge is 2.13. The van der Waals surface area contributed by atoms with E-state index in [0.717, 1.165) is 0 Å². The van der Waals surface area contributed by atoms with E-state index < -0.39 is 0 Å². The van der Waals surface area contributed by atoms with Crippen LogP contribution in [0.1, 0.15) is 11.1 Å². The van der Waals surface area contributed by atoms with Gasteiger partial charge in [-0.2, -0.15) is 0 Å². The second kappa shape index (κ2) is 11.0. The number of nitrogens with zero attached hydrogens (tertiary/aromatic N) is 1. The van der Waals surface area contributed by atoms with Crippen LogP contribution < -0.4 is 14.8 Å². The van der Waals surface area contributed by atoms with Gasteiger partial charge >= 0.3 is 0 Å². The molecule has 6 nitrogen and oxygen atoms in total. The van der Waals surface area contributed by atoms with Gasteiger partial charge in [-0.05, 0) is 30.3 Å². The zero-order valence-electron chi connectivity index (χ0n) is 16.7. The van der Waals surface area contributed by atoms with Gasteiger partial charge in [-0.15, -0.1) is 0 Å². The van der Waals surface area contributed by atoms with E-state index in [1.807, 2.05) is 18.2 Å². The third-order valence-corrected chi connectivity index (χ3v) is 4.39. The molecule has 0 aliphatic heterocycles. The molecule has 0 bridgehead atoms. The molecule has 31 heavy (non-hydrogen) atoms. The normalized spacial score (nSPS) is 10.7. The first-order valence-corrected chi connectivity index (χ1v) is 9.68. The van der Waals surface area contributed by atoms with Crippen molar-refractivity contribution in [1.29, 1.82) is 0 Å². The second-order valence-corrected chi connectivity index (χ2v) is 6.74. The van der Waals surface area contributed by atoms with Crippen LogP contribution in [0.2, 0.25) is 5.02 Å². The highest BCUT2D eigenvalue weighted by Crippen LogP contribution is 2.36. The zero-order chi connectivity index (χ0) is 22.1.